The molecule has 2 N–H and O–H groups in total. The molecule has 0 aliphatic heterocycles. The Bertz CT molecular complexity index is 400. The summed E-state index contributed by atoms with van der Waals surface area (Å²) >= 11 is 0. The van der Waals surface area contributed by atoms with Crippen molar-refractivity contribution >= 4 is 5.97 Å². The van der Waals surface area contributed by atoms with Crippen LogP contribution in [0.25, 0.3) is 0 Å². The predicted octanol–water partition coefficient (Wildman–Crippen LogP) is 2.33. The number of aliphatic hydroxyl groups excluding tert-OH is 1. The topological polar surface area (TPSA) is 57.5 Å². The van der Waals surface area contributed by atoms with Gasteiger partial charge in [0.1, 0.15) is 0 Å². The number of aliphatic carboxylic acids is 1. The van der Waals surface area contributed by atoms with Crippen LogP contribution in [0, 0.1) is 0 Å². The Morgan fingerprint density at radius 1 is 1.35 bits per heavy atom. The molecule has 3 heteroatoms. The van der Waals surface area contributed by atoms with Crippen LogP contribution in [0.5, 0.6) is 0 Å². The normalized spacial score (nSPS) is 24.5. The molecule has 1 aromatic rings. The Labute approximate surface area is 101 Å². The molecule has 1 fully saturated rings. The summed E-state index contributed by atoms with van der Waals surface area (Å²) < 4.78 is 0. The Morgan fingerprint density at radius 3 is 2.88 bits per heavy atom. The highest BCUT2D eigenvalue weighted by atomic mass is 16.4. The van der Waals surface area contributed by atoms with E-state index < -0.39 is 5.97 Å². The summed E-state index contributed by atoms with van der Waals surface area (Å²) in [4.78, 5) is 10.7. The van der Waals surface area contributed by atoms with Crippen molar-refractivity contribution in [1.29, 1.82) is 0 Å². The Morgan fingerprint density at radius 2 is 2.18 bits per heavy atom. The van der Waals surface area contributed by atoms with Crippen molar-refractivity contribution in [3.8, 4) is 0 Å². The third-order valence-corrected chi connectivity index (χ3v) is 3.42. The van der Waals surface area contributed by atoms with Crippen LogP contribution in [-0.4, -0.2) is 22.3 Å². The number of hydrogen-bond acceptors (Lipinski definition) is 2. The summed E-state index contributed by atoms with van der Waals surface area (Å²) in [5, 5.41) is 18.4. The minimum Gasteiger partial charge on any atom is -0.481 e. The summed E-state index contributed by atoms with van der Waals surface area (Å²) in [5.41, 5.74) is 2.01. The van der Waals surface area contributed by atoms with Gasteiger partial charge in [0.25, 0.3) is 0 Å². The average Bonchev–Trinajstić information content (AvgIpc) is 2.28. The van der Waals surface area contributed by atoms with Crippen molar-refractivity contribution in [2.75, 3.05) is 0 Å². The molecule has 0 bridgehead atoms. The van der Waals surface area contributed by atoms with E-state index in [4.69, 9.17) is 5.11 Å². The Hall–Kier alpha value is -1.35. The van der Waals surface area contributed by atoms with Crippen LogP contribution in [0.4, 0.5) is 0 Å². The van der Waals surface area contributed by atoms with Crippen LogP contribution >= 0.6 is 0 Å². The van der Waals surface area contributed by atoms with Gasteiger partial charge in [-0.05, 0) is 36.3 Å². The lowest BCUT2D eigenvalue weighted by Crippen LogP contribution is -2.18. The number of carbonyl (C=O) groups is 1. The Balaban J connectivity index is 2.12. The lowest BCUT2D eigenvalue weighted by molar-refractivity contribution is -0.136. The van der Waals surface area contributed by atoms with E-state index in [-0.39, 0.29) is 12.5 Å². The fraction of sp³-hybridized carbons (Fsp3) is 0.500. The number of carboxylic acid groups (broad SMARTS) is 1. The smallest absolute Gasteiger partial charge is 0.307 e. The van der Waals surface area contributed by atoms with Gasteiger partial charge < -0.3 is 10.2 Å². The standard InChI is InChI=1S/C14H18O3/c15-13-6-2-5-12(9-13)11-4-1-3-10(7-11)8-14(16)17/h1,3-4,7,12-13,15H,2,5-6,8-9H2,(H,16,17). The molecule has 1 aromatic carbocycles. The SMILES string of the molecule is O=C(O)Cc1cccc(C2CCCC(O)C2)c1. The number of rotatable bonds is 3. The van der Waals surface area contributed by atoms with E-state index in [0.717, 1.165) is 31.2 Å². The minimum atomic E-state index is -0.800. The molecule has 2 unspecified atom stereocenters. The average molecular weight is 234 g/mol. The molecular formula is C14H18O3. The molecule has 1 aliphatic rings. The summed E-state index contributed by atoms with van der Waals surface area (Å²) in [6, 6.07) is 7.76. The van der Waals surface area contributed by atoms with E-state index in [1.54, 1.807) is 0 Å². The van der Waals surface area contributed by atoms with Crippen molar-refractivity contribution < 1.29 is 15.0 Å². The fourth-order valence-corrected chi connectivity index (χ4v) is 2.60. The molecule has 1 saturated carbocycles. The molecule has 0 amide bonds. The third-order valence-electron chi connectivity index (χ3n) is 3.42. The second-order valence-corrected chi connectivity index (χ2v) is 4.83. The first-order valence-electron chi connectivity index (χ1n) is 6.14. The predicted molar refractivity (Wildman–Crippen MR) is 65.0 cm³/mol. The van der Waals surface area contributed by atoms with Gasteiger partial charge in [0.15, 0.2) is 0 Å². The first-order chi connectivity index (χ1) is 8.15. The van der Waals surface area contributed by atoms with Gasteiger partial charge >= 0.3 is 5.97 Å². The van der Waals surface area contributed by atoms with E-state index in [9.17, 15) is 9.90 Å². The van der Waals surface area contributed by atoms with Gasteiger partial charge in [-0.2, -0.15) is 0 Å². The van der Waals surface area contributed by atoms with Gasteiger partial charge in [-0.3, -0.25) is 4.79 Å². The van der Waals surface area contributed by atoms with Crippen molar-refractivity contribution in [1.82, 2.24) is 0 Å². The second kappa shape index (κ2) is 5.32. The highest BCUT2D eigenvalue weighted by molar-refractivity contribution is 5.70. The largest absolute Gasteiger partial charge is 0.481 e. The molecule has 3 nitrogen and oxygen atoms in total. The van der Waals surface area contributed by atoms with Crippen molar-refractivity contribution in [3.63, 3.8) is 0 Å². The Kier molecular flexibility index (Phi) is 3.79. The molecule has 92 valence electrons. The highest BCUT2D eigenvalue weighted by Crippen LogP contribution is 2.33. The van der Waals surface area contributed by atoms with Crippen LogP contribution in [-0.2, 0) is 11.2 Å². The van der Waals surface area contributed by atoms with Gasteiger partial charge in [0.05, 0.1) is 12.5 Å². The van der Waals surface area contributed by atoms with E-state index in [1.165, 1.54) is 5.56 Å². The number of aliphatic hydroxyl groups is 1. The van der Waals surface area contributed by atoms with Crippen LogP contribution in [0.15, 0.2) is 24.3 Å². The van der Waals surface area contributed by atoms with E-state index in [0.29, 0.717) is 5.92 Å². The number of carboxylic acids is 1. The van der Waals surface area contributed by atoms with Gasteiger partial charge in [-0.25, -0.2) is 0 Å². The molecule has 0 saturated heterocycles. The van der Waals surface area contributed by atoms with Crippen molar-refractivity contribution in [2.24, 2.45) is 0 Å². The molecule has 2 rings (SSSR count). The van der Waals surface area contributed by atoms with Gasteiger partial charge in [-0.1, -0.05) is 30.7 Å². The molecule has 0 radical (unpaired) electrons. The minimum absolute atomic E-state index is 0.0725. The molecule has 1 aliphatic carbocycles. The van der Waals surface area contributed by atoms with Gasteiger partial charge in [0, 0.05) is 0 Å². The van der Waals surface area contributed by atoms with Crippen molar-refractivity contribution in [3.05, 3.63) is 35.4 Å². The second-order valence-electron chi connectivity index (χ2n) is 4.83. The molecule has 0 spiro atoms. The first-order valence-corrected chi connectivity index (χ1v) is 6.14. The van der Waals surface area contributed by atoms with Gasteiger partial charge in [0.2, 0.25) is 0 Å². The lowest BCUT2D eigenvalue weighted by Gasteiger charge is -2.26. The molecule has 0 aromatic heterocycles. The summed E-state index contributed by atoms with van der Waals surface area (Å²) in [5.74, 6) is -0.418. The summed E-state index contributed by atoms with van der Waals surface area (Å²) in [7, 11) is 0. The number of benzene rings is 1. The maximum Gasteiger partial charge on any atom is 0.307 e. The zero-order valence-electron chi connectivity index (χ0n) is 9.80. The fourth-order valence-electron chi connectivity index (χ4n) is 2.60. The van der Waals surface area contributed by atoms with Gasteiger partial charge in [-0.15, -0.1) is 0 Å². The summed E-state index contributed by atoms with van der Waals surface area (Å²) in [6.45, 7) is 0. The van der Waals surface area contributed by atoms with E-state index in [2.05, 4.69) is 0 Å². The van der Waals surface area contributed by atoms with E-state index in [1.807, 2.05) is 24.3 Å². The van der Waals surface area contributed by atoms with Crippen LogP contribution in [0.2, 0.25) is 0 Å². The molecule has 17 heavy (non-hydrogen) atoms. The van der Waals surface area contributed by atoms with Crippen LogP contribution in [0.3, 0.4) is 0 Å². The van der Waals surface area contributed by atoms with E-state index >= 15 is 0 Å². The zero-order valence-corrected chi connectivity index (χ0v) is 9.80. The maximum absolute atomic E-state index is 10.7. The monoisotopic (exact) mass is 234 g/mol. The van der Waals surface area contributed by atoms with Crippen molar-refractivity contribution in [2.45, 2.75) is 44.1 Å². The number of hydrogen-bond donors (Lipinski definition) is 2. The van der Waals surface area contributed by atoms with Crippen LogP contribution < -0.4 is 0 Å². The molecule has 2 atom stereocenters. The highest BCUT2D eigenvalue weighted by Gasteiger charge is 2.21. The zero-order chi connectivity index (χ0) is 12.3. The summed E-state index contributed by atoms with van der Waals surface area (Å²) in [6.07, 6.45) is 3.71. The third kappa shape index (κ3) is 3.30. The first kappa shape index (κ1) is 12.1. The lowest BCUT2D eigenvalue weighted by atomic mass is 9.82. The maximum atomic E-state index is 10.7. The quantitative estimate of drug-likeness (QED) is 0.844. The molecule has 0 heterocycles. The van der Waals surface area contributed by atoms with Crippen LogP contribution in [0.1, 0.15) is 42.7 Å². The molecular weight excluding hydrogens is 216 g/mol.